The van der Waals surface area contributed by atoms with Crippen LogP contribution in [0.25, 0.3) is 0 Å². The molecule has 0 aromatic carbocycles. The van der Waals surface area contributed by atoms with Gasteiger partial charge in [0.25, 0.3) is 0 Å². The van der Waals surface area contributed by atoms with Crippen molar-refractivity contribution in [2.45, 2.75) is 43.7 Å². The van der Waals surface area contributed by atoms with Crippen molar-refractivity contribution in [2.24, 2.45) is 0 Å². The van der Waals surface area contributed by atoms with Crippen LogP contribution in [-0.4, -0.2) is 59.6 Å². The molecule has 4 heteroatoms. The molecule has 0 spiro atoms. The number of nitrogens with zero attached hydrogens (tertiary/aromatic N) is 2. The van der Waals surface area contributed by atoms with Crippen molar-refractivity contribution in [3.8, 4) is 0 Å². The minimum Gasteiger partial charge on any atom is -0.481 e. The van der Waals surface area contributed by atoms with Crippen LogP contribution in [0, 0.1) is 0 Å². The Morgan fingerprint density at radius 1 is 1.44 bits per heavy atom. The van der Waals surface area contributed by atoms with Crippen LogP contribution < -0.4 is 0 Å². The van der Waals surface area contributed by atoms with Crippen LogP contribution in [0.3, 0.4) is 0 Å². The number of carboxylic acids is 1. The monoisotopic (exact) mass is 226 g/mol. The Labute approximate surface area is 97.2 Å². The third kappa shape index (κ3) is 1.84. The van der Waals surface area contributed by atoms with Crippen LogP contribution in [0.5, 0.6) is 0 Å². The molecule has 2 fully saturated rings. The normalized spacial score (nSPS) is 35.3. The second-order valence-electron chi connectivity index (χ2n) is 5.37. The smallest absolute Gasteiger partial charge is 0.305 e. The molecule has 2 rings (SSSR count). The summed E-state index contributed by atoms with van der Waals surface area (Å²) in [7, 11) is 4.06. The second kappa shape index (κ2) is 4.34. The number of piperidine rings is 1. The molecule has 92 valence electrons. The van der Waals surface area contributed by atoms with E-state index in [2.05, 4.69) is 9.80 Å². The number of carboxylic acid groups (broad SMARTS) is 1. The van der Waals surface area contributed by atoms with Crippen molar-refractivity contribution < 1.29 is 9.90 Å². The SMILES string of the molecule is CN(C)C1(CC(=O)O)CCN2CCCCC21. The molecule has 0 aromatic heterocycles. The van der Waals surface area contributed by atoms with Crippen molar-refractivity contribution in [1.29, 1.82) is 0 Å². The van der Waals surface area contributed by atoms with Gasteiger partial charge in [-0.05, 0) is 39.9 Å². The van der Waals surface area contributed by atoms with Gasteiger partial charge < -0.3 is 10.0 Å². The van der Waals surface area contributed by atoms with Gasteiger partial charge in [-0.25, -0.2) is 0 Å². The summed E-state index contributed by atoms with van der Waals surface area (Å²) in [6.45, 7) is 2.22. The minimum atomic E-state index is -0.666. The van der Waals surface area contributed by atoms with Gasteiger partial charge in [0.2, 0.25) is 0 Å². The maximum atomic E-state index is 11.1. The van der Waals surface area contributed by atoms with E-state index in [-0.39, 0.29) is 12.0 Å². The Morgan fingerprint density at radius 2 is 2.19 bits per heavy atom. The van der Waals surface area contributed by atoms with Crippen molar-refractivity contribution in [1.82, 2.24) is 9.80 Å². The van der Waals surface area contributed by atoms with Crippen molar-refractivity contribution in [2.75, 3.05) is 27.2 Å². The zero-order valence-electron chi connectivity index (χ0n) is 10.3. The zero-order valence-corrected chi connectivity index (χ0v) is 10.3. The minimum absolute atomic E-state index is 0.133. The van der Waals surface area contributed by atoms with E-state index in [0.717, 1.165) is 25.9 Å². The highest BCUT2D eigenvalue weighted by Gasteiger charge is 2.50. The molecule has 2 atom stereocenters. The van der Waals surface area contributed by atoms with Gasteiger partial charge in [0.1, 0.15) is 0 Å². The van der Waals surface area contributed by atoms with E-state index in [0.29, 0.717) is 6.04 Å². The Hall–Kier alpha value is -0.610. The summed E-state index contributed by atoms with van der Waals surface area (Å²) in [4.78, 5) is 15.7. The van der Waals surface area contributed by atoms with Gasteiger partial charge in [-0.15, -0.1) is 0 Å². The molecule has 0 aromatic rings. The number of aliphatic carboxylic acids is 1. The van der Waals surface area contributed by atoms with Gasteiger partial charge >= 0.3 is 5.97 Å². The highest BCUT2D eigenvalue weighted by Crippen LogP contribution is 2.40. The molecule has 16 heavy (non-hydrogen) atoms. The number of carbonyl (C=O) groups is 1. The molecule has 2 heterocycles. The highest BCUT2D eigenvalue weighted by atomic mass is 16.4. The summed E-state index contributed by atoms with van der Waals surface area (Å²) in [6, 6.07) is 0.451. The first-order chi connectivity index (χ1) is 7.56. The lowest BCUT2D eigenvalue weighted by Crippen LogP contribution is -2.56. The molecular formula is C12H22N2O2. The van der Waals surface area contributed by atoms with Crippen molar-refractivity contribution in [3.63, 3.8) is 0 Å². The fourth-order valence-corrected chi connectivity index (χ4v) is 3.52. The highest BCUT2D eigenvalue weighted by molar-refractivity contribution is 5.68. The average molecular weight is 226 g/mol. The number of fused-ring (bicyclic) bond motifs is 1. The molecule has 0 aliphatic carbocycles. The van der Waals surface area contributed by atoms with Crippen LogP contribution in [-0.2, 0) is 4.79 Å². The number of likely N-dealkylation sites (N-methyl/N-ethyl adjacent to an activating group) is 1. The fourth-order valence-electron chi connectivity index (χ4n) is 3.52. The molecule has 4 nitrogen and oxygen atoms in total. The standard InChI is InChI=1S/C12H22N2O2/c1-13(2)12(9-11(15)16)6-8-14-7-4-3-5-10(12)14/h10H,3-9H2,1-2H3,(H,15,16). The zero-order chi connectivity index (χ0) is 11.8. The predicted molar refractivity (Wildman–Crippen MR) is 62.5 cm³/mol. The van der Waals surface area contributed by atoms with Gasteiger partial charge in [0.05, 0.1) is 6.42 Å². The second-order valence-corrected chi connectivity index (χ2v) is 5.37. The van der Waals surface area contributed by atoms with Crippen molar-refractivity contribution in [3.05, 3.63) is 0 Å². The van der Waals surface area contributed by atoms with E-state index in [1.54, 1.807) is 0 Å². The topological polar surface area (TPSA) is 43.8 Å². The lowest BCUT2D eigenvalue weighted by Gasteiger charge is -2.44. The Bertz CT molecular complexity index is 280. The number of rotatable bonds is 3. The molecular weight excluding hydrogens is 204 g/mol. The van der Waals surface area contributed by atoms with E-state index in [9.17, 15) is 4.79 Å². The lowest BCUT2D eigenvalue weighted by molar-refractivity contribution is -0.140. The van der Waals surface area contributed by atoms with Gasteiger partial charge in [-0.1, -0.05) is 6.42 Å². The summed E-state index contributed by atoms with van der Waals surface area (Å²) in [5, 5.41) is 9.13. The molecule has 2 aliphatic rings. The van der Waals surface area contributed by atoms with Crippen LogP contribution >= 0.6 is 0 Å². The summed E-state index contributed by atoms with van der Waals surface area (Å²) in [5.41, 5.74) is -0.133. The van der Waals surface area contributed by atoms with E-state index < -0.39 is 5.97 Å². The van der Waals surface area contributed by atoms with E-state index in [1.165, 1.54) is 12.8 Å². The summed E-state index contributed by atoms with van der Waals surface area (Å²) >= 11 is 0. The van der Waals surface area contributed by atoms with E-state index in [1.807, 2.05) is 14.1 Å². The van der Waals surface area contributed by atoms with Crippen LogP contribution in [0.15, 0.2) is 0 Å². The molecule has 2 saturated heterocycles. The lowest BCUT2D eigenvalue weighted by atomic mass is 9.81. The molecule has 0 bridgehead atoms. The molecule has 2 unspecified atom stereocenters. The van der Waals surface area contributed by atoms with Crippen molar-refractivity contribution >= 4 is 5.97 Å². The maximum Gasteiger partial charge on any atom is 0.305 e. The molecule has 0 saturated carbocycles. The number of hydrogen-bond acceptors (Lipinski definition) is 3. The first-order valence-electron chi connectivity index (χ1n) is 6.19. The van der Waals surface area contributed by atoms with E-state index >= 15 is 0 Å². The predicted octanol–water partition coefficient (Wildman–Crippen LogP) is 1.02. The third-order valence-electron chi connectivity index (χ3n) is 4.41. The Balaban J connectivity index is 2.21. The first-order valence-corrected chi connectivity index (χ1v) is 6.19. The van der Waals surface area contributed by atoms with Crippen LogP contribution in [0.4, 0.5) is 0 Å². The number of hydrogen-bond donors (Lipinski definition) is 1. The quantitative estimate of drug-likeness (QED) is 0.780. The molecule has 0 amide bonds. The Kier molecular flexibility index (Phi) is 3.22. The van der Waals surface area contributed by atoms with E-state index in [4.69, 9.17) is 5.11 Å². The average Bonchev–Trinajstić information content (AvgIpc) is 2.58. The van der Waals surface area contributed by atoms with Crippen LogP contribution in [0.2, 0.25) is 0 Å². The molecule has 0 radical (unpaired) electrons. The van der Waals surface area contributed by atoms with Gasteiger partial charge in [-0.2, -0.15) is 0 Å². The molecule has 1 N–H and O–H groups in total. The summed E-state index contributed by atoms with van der Waals surface area (Å²) in [5.74, 6) is -0.666. The fraction of sp³-hybridized carbons (Fsp3) is 0.917. The Morgan fingerprint density at radius 3 is 2.81 bits per heavy atom. The first kappa shape index (κ1) is 11.9. The maximum absolute atomic E-state index is 11.1. The summed E-state index contributed by atoms with van der Waals surface area (Å²) < 4.78 is 0. The largest absolute Gasteiger partial charge is 0.481 e. The third-order valence-corrected chi connectivity index (χ3v) is 4.41. The van der Waals surface area contributed by atoms with Crippen LogP contribution in [0.1, 0.15) is 32.1 Å². The van der Waals surface area contributed by atoms with Gasteiger partial charge in [-0.3, -0.25) is 9.69 Å². The van der Waals surface area contributed by atoms with Gasteiger partial charge in [0, 0.05) is 18.1 Å². The molecule has 2 aliphatic heterocycles. The summed E-state index contributed by atoms with van der Waals surface area (Å²) in [6.07, 6.45) is 4.95. The van der Waals surface area contributed by atoms with Gasteiger partial charge in [0.15, 0.2) is 0 Å².